The average molecular weight is 319 g/mol. The molecule has 2 rings (SSSR count). The lowest BCUT2D eigenvalue weighted by molar-refractivity contribution is -0.117. The van der Waals surface area contributed by atoms with Gasteiger partial charge in [-0.3, -0.25) is 14.5 Å². The molecule has 1 aromatic rings. The van der Waals surface area contributed by atoms with Crippen molar-refractivity contribution in [2.75, 3.05) is 4.90 Å². The second kappa shape index (κ2) is 6.94. The number of unbranched alkanes of at least 4 members (excludes halogenated alkanes) is 2. The number of halogens is 1. The maximum absolute atomic E-state index is 13.9. The Morgan fingerprint density at radius 2 is 2.04 bits per heavy atom. The van der Waals surface area contributed by atoms with Crippen molar-refractivity contribution < 1.29 is 19.1 Å². The second-order valence-corrected chi connectivity index (χ2v) is 5.94. The number of aliphatic hydroxyl groups excluding tert-OH is 1. The van der Waals surface area contributed by atoms with Crippen LogP contribution in [0.1, 0.15) is 45.1 Å². The molecule has 1 atom stereocenters. The van der Waals surface area contributed by atoms with Crippen molar-refractivity contribution in [3.63, 3.8) is 0 Å². The van der Waals surface area contributed by atoms with Gasteiger partial charge in [0.2, 0.25) is 0 Å². The predicted molar refractivity (Wildman–Crippen MR) is 86.9 cm³/mol. The fourth-order valence-electron chi connectivity index (χ4n) is 2.95. The number of carbonyl (C=O) groups is 2. The Morgan fingerprint density at radius 3 is 2.61 bits per heavy atom. The topological polar surface area (TPSA) is 57.6 Å². The minimum atomic E-state index is -0.639. The molecule has 1 N–H and O–H groups in total. The van der Waals surface area contributed by atoms with Crippen molar-refractivity contribution >= 4 is 17.4 Å². The summed E-state index contributed by atoms with van der Waals surface area (Å²) in [6.45, 7) is 5.04. The Hall–Kier alpha value is -2.17. The monoisotopic (exact) mass is 319 g/mol. The van der Waals surface area contributed by atoms with Gasteiger partial charge in [0.15, 0.2) is 11.5 Å². The van der Waals surface area contributed by atoms with E-state index < -0.39 is 23.5 Å². The number of hydrogen-bond acceptors (Lipinski definition) is 3. The molecule has 23 heavy (non-hydrogen) atoms. The summed E-state index contributed by atoms with van der Waals surface area (Å²) in [4.78, 5) is 25.6. The van der Waals surface area contributed by atoms with Crippen LogP contribution in [0.4, 0.5) is 10.1 Å². The van der Waals surface area contributed by atoms with Crippen LogP contribution in [0.3, 0.4) is 0 Å². The fourth-order valence-corrected chi connectivity index (χ4v) is 2.95. The van der Waals surface area contributed by atoms with Gasteiger partial charge < -0.3 is 5.11 Å². The SMILES string of the molecule is CCCCCC1C(C(C)=O)=C(O)C(=O)N1c1ccc(C)c(F)c1. The second-order valence-electron chi connectivity index (χ2n) is 5.94. The number of hydrogen-bond donors (Lipinski definition) is 1. The van der Waals surface area contributed by atoms with Gasteiger partial charge in [-0.2, -0.15) is 0 Å². The molecule has 0 saturated carbocycles. The first-order valence-corrected chi connectivity index (χ1v) is 7.92. The summed E-state index contributed by atoms with van der Waals surface area (Å²) in [6, 6.07) is 3.97. The molecule has 1 aliphatic rings. The first-order valence-electron chi connectivity index (χ1n) is 7.92. The average Bonchev–Trinajstić information content (AvgIpc) is 2.74. The Bertz CT molecular complexity index is 666. The molecule has 0 saturated heterocycles. The Morgan fingerprint density at radius 1 is 1.35 bits per heavy atom. The molecule has 0 aromatic heterocycles. The van der Waals surface area contributed by atoms with E-state index in [2.05, 4.69) is 6.92 Å². The molecule has 1 amide bonds. The van der Waals surface area contributed by atoms with E-state index in [1.165, 1.54) is 17.9 Å². The van der Waals surface area contributed by atoms with Gasteiger partial charge >= 0.3 is 0 Å². The molecule has 0 radical (unpaired) electrons. The standard InChI is InChI=1S/C18H22FNO3/c1-4-5-6-7-15-16(12(3)21)17(22)18(23)20(15)13-9-8-11(2)14(19)10-13/h8-10,15,22H,4-7H2,1-3H3. The molecule has 124 valence electrons. The van der Waals surface area contributed by atoms with E-state index in [1.54, 1.807) is 19.1 Å². The van der Waals surface area contributed by atoms with Gasteiger partial charge in [-0.05, 0) is 38.0 Å². The van der Waals surface area contributed by atoms with Gasteiger partial charge in [-0.15, -0.1) is 0 Å². The van der Waals surface area contributed by atoms with E-state index in [-0.39, 0.29) is 11.4 Å². The van der Waals surface area contributed by atoms with Crippen LogP contribution in [-0.4, -0.2) is 22.8 Å². The first kappa shape index (κ1) is 17.2. The number of ketones is 1. The summed E-state index contributed by atoms with van der Waals surface area (Å²) in [5, 5.41) is 10.1. The number of Topliss-reactive ketones (excluding diaryl/α,β-unsaturated/α-hetero) is 1. The Labute approximate surface area is 135 Å². The zero-order valence-corrected chi connectivity index (χ0v) is 13.7. The maximum Gasteiger partial charge on any atom is 0.294 e. The van der Waals surface area contributed by atoms with Crippen LogP contribution in [0.15, 0.2) is 29.5 Å². The van der Waals surface area contributed by atoms with Crippen LogP contribution in [0.5, 0.6) is 0 Å². The Balaban J connectivity index is 2.41. The minimum Gasteiger partial charge on any atom is -0.503 e. The smallest absolute Gasteiger partial charge is 0.294 e. The zero-order valence-electron chi connectivity index (χ0n) is 13.7. The van der Waals surface area contributed by atoms with E-state index in [0.717, 1.165) is 19.3 Å². The van der Waals surface area contributed by atoms with Crippen molar-refractivity contribution in [1.29, 1.82) is 0 Å². The number of anilines is 1. The van der Waals surface area contributed by atoms with Gasteiger partial charge in [0.05, 0.1) is 11.6 Å². The highest BCUT2D eigenvalue weighted by Gasteiger charge is 2.41. The van der Waals surface area contributed by atoms with Crippen LogP contribution < -0.4 is 4.90 Å². The summed E-state index contributed by atoms with van der Waals surface area (Å²) < 4.78 is 13.9. The Kier molecular flexibility index (Phi) is 5.19. The first-order chi connectivity index (χ1) is 10.9. The highest BCUT2D eigenvalue weighted by atomic mass is 19.1. The third kappa shape index (κ3) is 3.28. The van der Waals surface area contributed by atoms with Crippen molar-refractivity contribution in [2.24, 2.45) is 0 Å². The van der Waals surface area contributed by atoms with Crippen molar-refractivity contribution in [1.82, 2.24) is 0 Å². The van der Waals surface area contributed by atoms with Gasteiger partial charge in [-0.1, -0.05) is 32.3 Å². The molecule has 0 bridgehead atoms. The van der Waals surface area contributed by atoms with Crippen molar-refractivity contribution in [3.05, 3.63) is 40.9 Å². The molecule has 0 fully saturated rings. The molecular weight excluding hydrogens is 297 g/mol. The van der Waals surface area contributed by atoms with E-state index >= 15 is 0 Å². The van der Waals surface area contributed by atoms with Crippen LogP contribution >= 0.6 is 0 Å². The van der Waals surface area contributed by atoms with Gasteiger partial charge in [0.25, 0.3) is 5.91 Å². The summed E-state index contributed by atoms with van der Waals surface area (Å²) in [5.74, 6) is -1.90. The zero-order chi connectivity index (χ0) is 17.1. The molecular formula is C18H22FNO3. The normalized spacial score (nSPS) is 18.0. The number of rotatable bonds is 6. The van der Waals surface area contributed by atoms with Crippen LogP contribution in [0, 0.1) is 12.7 Å². The molecule has 0 aliphatic carbocycles. The largest absolute Gasteiger partial charge is 0.503 e. The maximum atomic E-state index is 13.9. The molecule has 1 unspecified atom stereocenters. The number of aryl methyl sites for hydroxylation is 1. The number of benzene rings is 1. The number of aliphatic hydroxyl groups is 1. The lowest BCUT2D eigenvalue weighted by atomic mass is 9.98. The molecule has 1 heterocycles. The summed E-state index contributed by atoms with van der Waals surface area (Å²) in [6.07, 6.45) is 3.36. The van der Waals surface area contributed by atoms with E-state index in [4.69, 9.17) is 0 Å². The highest BCUT2D eigenvalue weighted by Crippen LogP contribution is 2.34. The summed E-state index contributed by atoms with van der Waals surface area (Å²) in [7, 11) is 0. The number of amides is 1. The number of nitrogens with zero attached hydrogens (tertiary/aromatic N) is 1. The van der Waals surface area contributed by atoms with Crippen LogP contribution in [0.25, 0.3) is 0 Å². The van der Waals surface area contributed by atoms with E-state index in [0.29, 0.717) is 17.7 Å². The summed E-state index contributed by atoms with van der Waals surface area (Å²) in [5.41, 5.74) is 0.974. The lowest BCUT2D eigenvalue weighted by Crippen LogP contribution is -2.36. The quantitative estimate of drug-likeness (QED) is 0.811. The molecule has 4 nitrogen and oxygen atoms in total. The van der Waals surface area contributed by atoms with E-state index in [9.17, 15) is 19.1 Å². The van der Waals surface area contributed by atoms with Gasteiger partial charge in [0, 0.05) is 5.69 Å². The fraction of sp³-hybridized carbons (Fsp3) is 0.444. The minimum absolute atomic E-state index is 0.132. The van der Waals surface area contributed by atoms with E-state index in [1.807, 2.05) is 0 Å². The molecule has 1 aromatic carbocycles. The summed E-state index contributed by atoms with van der Waals surface area (Å²) >= 11 is 0. The third-order valence-corrected chi connectivity index (χ3v) is 4.22. The van der Waals surface area contributed by atoms with Crippen LogP contribution in [-0.2, 0) is 9.59 Å². The van der Waals surface area contributed by atoms with Gasteiger partial charge in [0.1, 0.15) is 5.82 Å². The number of carbonyl (C=O) groups excluding carboxylic acids is 2. The molecule has 5 heteroatoms. The van der Waals surface area contributed by atoms with Crippen molar-refractivity contribution in [2.45, 2.75) is 52.5 Å². The highest BCUT2D eigenvalue weighted by molar-refractivity contribution is 6.15. The lowest BCUT2D eigenvalue weighted by Gasteiger charge is -2.26. The van der Waals surface area contributed by atoms with Gasteiger partial charge in [-0.25, -0.2) is 4.39 Å². The molecule has 0 spiro atoms. The predicted octanol–water partition coefficient (Wildman–Crippen LogP) is 3.83. The van der Waals surface area contributed by atoms with Crippen molar-refractivity contribution in [3.8, 4) is 0 Å². The molecule has 1 aliphatic heterocycles. The van der Waals surface area contributed by atoms with Crippen LogP contribution in [0.2, 0.25) is 0 Å². The third-order valence-electron chi connectivity index (χ3n) is 4.22.